The van der Waals surface area contributed by atoms with E-state index < -0.39 is 11.9 Å². The van der Waals surface area contributed by atoms with E-state index >= 15 is 0 Å². The van der Waals surface area contributed by atoms with Crippen molar-refractivity contribution in [1.29, 1.82) is 0 Å². The summed E-state index contributed by atoms with van der Waals surface area (Å²) in [5.41, 5.74) is 1.14. The summed E-state index contributed by atoms with van der Waals surface area (Å²) >= 11 is 0. The molecule has 2 fully saturated rings. The summed E-state index contributed by atoms with van der Waals surface area (Å²) in [6, 6.07) is 13.5. The van der Waals surface area contributed by atoms with Crippen LogP contribution >= 0.6 is 0 Å². The lowest BCUT2D eigenvalue weighted by Gasteiger charge is -2.23. The van der Waals surface area contributed by atoms with Gasteiger partial charge in [-0.25, -0.2) is 0 Å². The van der Waals surface area contributed by atoms with E-state index in [1.54, 1.807) is 18.2 Å². The van der Waals surface area contributed by atoms with Gasteiger partial charge in [0.1, 0.15) is 17.4 Å². The molecule has 1 unspecified atom stereocenters. The lowest BCUT2D eigenvalue weighted by Crippen LogP contribution is -2.29. The predicted octanol–water partition coefficient (Wildman–Crippen LogP) is 3.29. The number of amides is 1. The Morgan fingerprint density at radius 2 is 1.74 bits per heavy atom. The first-order valence-corrected chi connectivity index (χ1v) is 8.90. The first kappa shape index (κ1) is 15.9. The van der Waals surface area contributed by atoms with Gasteiger partial charge in [-0.15, -0.1) is 0 Å². The van der Waals surface area contributed by atoms with E-state index in [0.29, 0.717) is 22.7 Å². The third-order valence-electron chi connectivity index (χ3n) is 5.16. The zero-order chi connectivity index (χ0) is 18.5. The number of benzene rings is 2. The lowest BCUT2D eigenvalue weighted by molar-refractivity contribution is -0.117. The van der Waals surface area contributed by atoms with Crippen molar-refractivity contribution in [2.45, 2.75) is 18.9 Å². The number of carbonyl (C=O) groups is 2. The van der Waals surface area contributed by atoms with E-state index in [4.69, 9.17) is 9.47 Å². The first-order valence-electron chi connectivity index (χ1n) is 8.90. The van der Waals surface area contributed by atoms with E-state index in [-0.39, 0.29) is 29.8 Å². The summed E-state index contributed by atoms with van der Waals surface area (Å²) in [4.78, 5) is 27.8. The SMILES string of the molecule is O=C1/C(=C(\O)C2CC2)C(=O)N(c2ccc3c(c2)OCO3)C1c1ccccc1. The lowest BCUT2D eigenvalue weighted by atomic mass is 10.00. The molecule has 5 rings (SSSR count). The minimum atomic E-state index is -0.810. The molecule has 0 spiro atoms. The highest BCUT2D eigenvalue weighted by atomic mass is 16.7. The van der Waals surface area contributed by atoms with Gasteiger partial charge in [0.2, 0.25) is 6.79 Å². The number of Topliss-reactive ketones (excluding diaryl/α,β-unsaturated/α-hetero) is 1. The molecule has 136 valence electrons. The van der Waals surface area contributed by atoms with Crippen LogP contribution < -0.4 is 14.4 Å². The molecule has 6 heteroatoms. The largest absolute Gasteiger partial charge is 0.511 e. The van der Waals surface area contributed by atoms with Gasteiger partial charge in [0.05, 0.1) is 0 Å². The van der Waals surface area contributed by atoms with Crippen LogP contribution in [0.15, 0.2) is 59.9 Å². The zero-order valence-corrected chi connectivity index (χ0v) is 14.4. The predicted molar refractivity (Wildman–Crippen MR) is 96.6 cm³/mol. The Balaban J connectivity index is 1.65. The molecule has 6 nitrogen and oxygen atoms in total. The van der Waals surface area contributed by atoms with Gasteiger partial charge in [-0.2, -0.15) is 0 Å². The fourth-order valence-corrected chi connectivity index (χ4v) is 3.63. The Hall–Kier alpha value is -3.28. The highest BCUT2D eigenvalue weighted by molar-refractivity contribution is 6.33. The number of fused-ring (bicyclic) bond motifs is 1. The van der Waals surface area contributed by atoms with Crippen LogP contribution in [0.2, 0.25) is 0 Å². The number of hydrogen-bond donors (Lipinski definition) is 1. The second kappa shape index (κ2) is 5.87. The molecule has 1 amide bonds. The smallest absolute Gasteiger partial charge is 0.266 e. The zero-order valence-electron chi connectivity index (χ0n) is 14.4. The number of ketones is 1. The van der Waals surface area contributed by atoms with Crippen molar-refractivity contribution in [3.05, 3.63) is 65.4 Å². The van der Waals surface area contributed by atoms with Gasteiger partial charge in [0, 0.05) is 17.7 Å². The Bertz CT molecular complexity index is 977. The number of nitrogens with zero attached hydrogens (tertiary/aromatic N) is 1. The number of hydrogen-bond acceptors (Lipinski definition) is 5. The highest BCUT2D eigenvalue weighted by Gasteiger charge is 2.48. The number of allylic oxidation sites excluding steroid dienone is 1. The highest BCUT2D eigenvalue weighted by Crippen LogP contribution is 2.45. The number of aliphatic hydroxyl groups excluding tert-OH is 1. The second-order valence-corrected chi connectivity index (χ2v) is 6.92. The molecule has 2 heterocycles. The Morgan fingerprint density at radius 3 is 2.48 bits per heavy atom. The Labute approximate surface area is 155 Å². The van der Waals surface area contributed by atoms with Crippen LogP contribution in [0.25, 0.3) is 0 Å². The van der Waals surface area contributed by atoms with E-state index in [2.05, 4.69) is 0 Å². The van der Waals surface area contributed by atoms with Crippen molar-refractivity contribution in [3.8, 4) is 11.5 Å². The van der Waals surface area contributed by atoms with Crippen molar-refractivity contribution < 1.29 is 24.2 Å². The number of anilines is 1. The average molecular weight is 363 g/mol. The van der Waals surface area contributed by atoms with Crippen LogP contribution in [-0.4, -0.2) is 23.6 Å². The fourth-order valence-electron chi connectivity index (χ4n) is 3.63. The van der Waals surface area contributed by atoms with Gasteiger partial charge in [-0.1, -0.05) is 30.3 Å². The van der Waals surface area contributed by atoms with Gasteiger partial charge in [0.15, 0.2) is 17.3 Å². The number of carbonyl (C=O) groups excluding carboxylic acids is 2. The topological polar surface area (TPSA) is 76.1 Å². The number of rotatable bonds is 3. The third-order valence-corrected chi connectivity index (χ3v) is 5.16. The van der Waals surface area contributed by atoms with E-state index in [1.807, 2.05) is 30.3 Å². The van der Waals surface area contributed by atoms with Crippen molar-refractivity contribution in [1.82, 2.24) is 0 Å². The molecule has 2 aromatic rings. The molecule has 1 atom stereocenters. The monoisotopic (exact) mass is 363 g/mol. The first-order chi connectivity index (χ1) is 13.1. The second-order valence-electron chi connectivity index (χ2n) is 6.92. The Morgan fingerprint density at radius 1 is 1.00 bits per heavy atom. The molecule has 1 N–H and O–H groups in total. The van der Waals surface area contributed by atoms with Gasteiger partial charge in [-0.3, -0.25) is 14.5 Å². The third kappa shape index (κ3) is 2.48. The minimum absolute atomic E-state index is 0.0748. The number of aliphatic hydroxyl groups is 1. The molecular weight excluding hydrogens is 346 g/mol. The maximum Gasteiger partial charge on any atom is 0.266 e. The van der Waals surface area contributed by atoms with Crippen LogP contribution in [0, 0.1) is 5.92 Å². The number of ether oxygens (including phenoxy) is 2. The molecule has 1 aliphatic carbocycles. The molecule has 1 saturated carbocycles. The van der Waals surface area contributed by atoms with Gasteiger partial charge < -0.3 is 14.6 Å². The molecule has 1 saturated heterocycles. The van der Waals surface area contributed by atoms with Crippen LogP contribution in [0.3, 0.4) is 0 Å². The van der Waals surface area contributed by atoms with Crippen LogP contribution in [0.1, 0.15) is 24.4 Å². The molecule has 0 aromatic heterocycles. The summed E-state index contributed by atoms with van der Waals surface area (Å²) < 4.78 is 10.8. The van der Waals surface area contributed by atoms with E-state index in [0.717, 1.165) is 12.8 Å². The fraction of sp³-hybridized carbons (Fsp3) is 0.238. The van der Waals surface area contributed by atoms with Gasteiger partial charge in [-0.05, 0) is 30.5 Å². The maximum absolute atomic E-state index is 13.2. The average Bonchev–Trinajstić information content (AvgIpc) is 3.37. The van der Waals surface area contributed by atoms with Crippen LogP contribution in [0.4, 0.5) is 5.69 Å². The minimum Gasteiger partial charge on any atom is -0.511 e. The Kier molecular flexibility index (Phi) is 3.47. The summed E-state index contributed by atoms with van der Waals surface area (Å²) in [5, 5.41) is 10.5. The van der Waals surface area contributed by atoms with Gasteiger partial charge >= 0.3 is 0 Å². The van der Waals surface area contributed by atoms with Crippen LogP contribution in [-0.2, 0) is 9.59 Å². The molecular formula is C21H17NO5. The van der Waals surface area contributed by atoms with E-state index in [9.17, 15) is 14.7 Å². The maximum atomic E-state index is 13.2. The summed E-state index contributed by atoms with van der Waals surface area (Å²) in [6.07, 6.45) is 1.60. The summed E-state index contributed by atoms with van der Waals surface area (Å²) in [6.45, 7) is 0.126. The molecule has 2 aromatic carbocycles. The summed E-state index contributed by atoms with van der Waals surface area (Å²) in [7, 11) is 0. The molecule has 0 bridgehead atoms. The molecule has 27 heavy (non-hydrogen) atoms. The normalized spacial score (nSPS) is 23.1. The quantitative estimate of drug-likeness (QED) is 0.514. The van der Waals surface area contributed by atoms with Crippen molar-refractivity contribution >= 4 is 17.4 Å². The standard InChI is InChI=1S/C21H17NO5/c23-19(13-6-7-13)17-20(24)18(12-4-2-1-3-5-12)22(21(17)25)14-8-9-15-16(10-14)27-11-26-15/h1-5,8-10,13,18,23H,6-7,11H2/b19-17+. The van der Waals surface area contributed by atoms with E-state index in [1.165, 1.54) is 4.90 Å². The van der Waals surface area contributed by atoms with Crippen molar-refractivity contribution in [2.75, 3.05) is 11.7 Å². The van der Waals surface area contributed by atoms with Crippen molar-refractivity contribution in [2.24, 2.45) is 5.92 Å². The van der Waals surface area contributed by atoms with Gasteiger partial charge in [0.25, 0.3) is 5.91 Å². The molecule has 0 radical (unpaired) electrons. The van der Waals surface area contributed by atoms with Crippen LogP contribution in [0.5, 0.6) is 11.5 Å². The molecule has 2 aliphatic heterocycles. The van der Waals surface area contributed by atoms with Crippen molar-refractivity contribution in [3.63, 3.8) is 0 Å². The summed E-state index contributed by atoms with van der Waals surface area (Å²) in [5.74, 6) is 0.133. The molecule has 3 aliphatic rings.